The van der Waals surface area contributed by atoms with E-state index in [9.17, 15) is 0 Å². The van der Waals surface area contributed by atoms with Gasteiger partial charge in [-0.3, -0.25) is 0 Å². The van der Waals surface area contributed by atoms with E-state index in [1.54, 1.807) is 0 Å². The Morgan fingerprint density at radius 2 is 0.857 bits per heavy atom. The van der Waals surface area contributed by atoms with Crippen LogP contribution in [0.5, 0.6) is 0 Å². The fourth-order valence-corrected chi connectivity index (χ4v) is 10.1. The second kappa shape index (κ2) is 15.1. The van der Waals surface area contributed by atoms with Crippen LogP contribution in [0.2, 0.25) is 0 Å². The Hall–Kier alpha value is -8.20. The first-order valence-corrected chi connectivity index (χ1v) is 21.7. The lowest BCUT2D eigenvalue weighted by molar-refractivity contribution is 0.669. The quantitative estimate of drug-likeness (QED) is 0.152. The van der Waals surface area contributed by atoms with Crippen LogP contribution in [0.4, 0.5) is 17.1 Å². The van der Waals surface area contributed by atoms with Crippen LogP contribution >= 0.6 is 0 Å². The van der Waals surface area contributed by atoms with Crippen LogP contribution in [0.3, 0.4) is 0 Å². The molecule has 2 nitrogen and oxygen atoms in total. The van der Waals surface area contributed by atoms with Crippen LogP contribution in [0.1, 0.15) is 22.3 Å². The van der Waals surface area contributed by atoms with Gasteiger partial charge in [0.05, 0.1) is 16.8 Å². The Kier molecular flexibility index (Phi) is 8.76. The van der Waals surface area contributed by atoms with E-state index in [0.717, 1.165) is 55.7 Å². The molecule has 10 aromatic carbocycles. The molecule has 11 aromatic rings. The van der Waals surface area contributed by atoms with Gasteiger partial charge < -0.3 is 9.32 Å². The van der Waals surface area contributed by atoms with Gasteiger partial charge in [-0.1, -0.05) is 212 Å². The first-order valence-electron chi connectivity index (χ1n) is 21.7. The number of para-hydroxylation sites is 2. The Bertz CT molecular complexity index is 3390. The van der Waals surface area contributed by atoms with Crippen molar-refractivity contribution in [3.63, 3.8) is 0 Å². The minimum absolute atomic E-state index is 0.561. The van der Waals surface area contributed by atoms with Crippen LogP contribution in [0, 0.1) is 0 Å². The summed E-state index contributed by atoms with van der Waals surface area (Å²) in [5.74, 6) is 0. The molecule has 0 saturated carbocycles. The molecule has 1 aromatic heterocycles. The zero-order valence-electron chi connectivity index (χ0n) is 34.5. The van der Waals surface area contributed by atoms with Crippen LogP contribution in [0.25, 0.3) is 66.4 Å². The molecule has 1 aliphatic carbocycles. The minimum atomic E-state index is -0.561. The number of hydrogen-bond acceptors (Lipinski definition) is 2. The van der Waals surface area contributed by atoms with Crippen molar-refractivity contribution in [3.05, 3.63) is 271 Å². The van der Waals surface area contributed by atoms with Gasteiger partial charge in [0.25, 0.3) is 0 Å². The summed E-state index contributed by atoms with van der Waals surface area (Å²) in [6.07, 6.45) is 0. The summed E-state index contributed by atoms with van der Waals surface area (Å²) in [6, 6.07) is 90.3. The predicted molar refractivity (Wildman–Crippen MR) is 262 cm³/mol. The van der Waals surface area contributed by atoms with Crippen molar-refractivity contribution >= 4 is 39.0 Å². The van der Waals surface area contributed by atoms with Crippen LogP contribution < -0.4 is 4.90 Å². The Balaban J connectivity index is 1.15. The standard InChI is InChI=1S/C61H41NO/c1-5-18-42(19-6-1)44-32-34-45(35-33-44)54-40-46(43-20-7-2-8-21-43)36-39-57(54)62(58-30-17-28-53-52-27-14-16-31-59(52)63-60(53)58)49-37-38-51-50-26-13-15-29-55(50)61(56(51)41-49,47-22-9-3-10-23-47)48-24-11-4-12-25-48/h1-41H. The van der Waals surface area contributed by atoms with E-state index in [-0.39, 0.29) is 0 Å². The van der Waals surface area contributed by atoms with Crippen molar-refractivity contribution in [2.45, 2.75) is 5.41 Å². The Labute approximate surface area is 367 Å². The lowest BCUT2D eigenvalue weighted by atomic mass is 9.67. The third-order valence-corrected chi connectivity index (χ3v) is 13.0. The fraction of sp³-hybridized carbons (Fsp3) is 0.0164. The summed E-state index contributed by atoms with van der Waals surface area (Å²) >= 11 is 0. The maximum atomic E-state index is 6.89. The van der Waals surface area contributed by atoms with Gasteiger partial charge in [-0.05, 0) is 97.6 Å². The van der Waals surface area contributed by atoms with Crippen molar-refractivity contribution < 1.29 is 4.42 Å². The summed E-state index contributed by atoms with van der Waals surface area (Å²) in [4.78, 5) is 2.43. The number of furan rings is 1. The monoisotopic (exact) mass is 803 g/mol. The van der Waals surface area contributed by atoms with Gasteiger partial charge in [0.15, 0.2) is 5.58 Å². The molecule has 0 spiro atoms. The summed E-state index contributed by atoms with van der Waals surface area (Å²) in [5, 5.41) is 2.18. The zero-order valence-corrected chi connectivity index (χ0v) is 34.5. The lowest BCUT2D eigenvalue weighted by Gasteiger charge is -2.35. The number of rotatable bonds is 8. The van der Waals surface area contributed by atoms with E-state index in [1.165, 1.54) is 50.1 Å². The highest BCUT2D eigenvalue weighted by Crippen LogP contribution is 2.58. The Morgan fingerprint density at radius 3 is 1.57 bits per heavy atom. The Morgan fingerprint density at radius 1 is 0.317 bits per heavy atom. The normalized spacial score (nSPS) is 12.6. The van der Waals surface area contributed by atoms with Crippen LogP contribution in [0.15, 0.2) is 253 Å². The molecule has 1 heterocycles. The summed E-state index contributed by atoms with van der Waals surface area (Å²) in [7, 11) is 0. The zero-order chi connectivity index (χ0) is 41.7. The van der Waals surface area contributed by atoms with Crippen LogP contribution in [-0.4, -0.2) is 0 Å². The molecular formula is C61H41NO. The molecule has 0 radical (unpaired) electrons. The number of benzene rings is 10. The third kappa shape index (κ3) is 5.95. The first kappa shape index (κ1) is 36.6. The highest BCUT2D eigenvalue weighted by Gasteiger charge is 2.46. The number of nitrogens with zero attached hydrogens (tertiary/aromatic N) is 1. The summed E-state index contributed by atoms with van der Waals surface area (Å²) in [5.41, 5.74) is 18.6. The van der Waals surface area contributed by atoms with Gasteiger partial charge in [-0.25, -0.2) is 0 Å². The molecule has 0 fully saturated rings. The molecule has 296 valence electrons. The fourth-order valence-electron chi connectivity index (χ4n) is 10.1. The van der Waals surface area contributed by atoms with E-state index < -0.39 is 5.41 Å². The smallest absolute Gasteiger partial charge is 0.159 e. The van der Waals surface area contributed by atoms with Gasteiger partial charge in [0, 0.05) is 22.0 Å². The number of anilines is 3. The van der Waals surface area contributed by atoms with E-state index in [2.05, 4.69) is 248 Å². The number of fused-ring (bicyclic) bond motifs is 6. The molecule has 0 unspecified atom stereocenters. The molecule has 0 amide bonds. The van der Waals surface area contributed by atoms with E-state index in [1.807, 2.05) is 6.07 Å². The molecule has 0 aliphatic heterocycles. The van der Waals surface area contributed by atoms with Gasteiger partial charge in [-0.2, -0.15) is 0 Å². The number of hydrogen-bond donors (Lipinski definition) is 0. The molecule has 1 aliphatic rings. The van der Waals surface area contributed by atoms with Crippen molar-refractivity contribution in [1.29, 1.82) is 0 Å². The maximum absolute atomic E-state index is 6.89. The first-order chi connectivity index (χ1) is 31.3. The van der Waals surface area contributed by atoms with Crippen molar-refractivity contribution in [2.24, 2.45) is 0 Å². The molecule has 63 heavy (non-hydrogen) atoms. The van der Waals surface area contributed by atoms with Crippen molar-refractivity contribution in [1.82, 2.24) is 0 Å². The minimum Gasteiger partial charge on any atom is -0.454 e. The highest BCUT2D eigenvalue weighted by molar-refractivity contribution is 6.11. The molecule has 0 N–H and O–H groups in total. The molecular weight excluding hydrogens is 763 g/mol. The molecule has 0 saturated heterocycles. The summed E-state index contributed by atoms with van der Waals surface area (Å²) < 4.78 is 6.89. The van der Waals surface area contributed by atoms with E-state index in [0.29, 0.717) is 0 Å². The van der Waals surface area contributed by atoms with E-state index in [4.69, 9.17) is 4.42 Å². The summed E-state index contributed by atoms with van der Waals surface area (Å²) in [6.45, 7) is 0. The molecule has 0 bridgehead atoms. The molecule has 12 rings (SSSR count). The van der Waals surface area contributed by atoms with Gasteiger partial charge in [-0.15, -0.1) is 0 Å². The van der Waals surface area contributed by atoms with Crippen molar-refractivity contribution in [3.8, 4) is 44.5 Å². The van der Waals surface area contributed by atoms with Gasteiger partial charge in [0.2, 0.25) is 0 Å². The maximum Gasteiger partial charge on any atom is 0.159 e. The highest BCUT2D eigenvalue weighted by atomic mass is 16.3. The molecule has 0 atom stereocenters. The third-order valence-electron chi connectivity index (χ3n) is 13.0. The van der Waals surface area contributed by atoms with Gasteiger partial charge >= 0.3 is 0 Å². The SMILES string of the molecule is c1ccc(-c2ccc(-c3cc(-c4ccccc4)ccc3N(c3ccc4c(c3)C(c3ccccc3)(c3ccccc3)c3ccccc3-4)c3cccc4c3oc3ccccc34)cc2)cc1. The lowest BCUT2D eigenvalue weighted by Crippen LogP contribution is -2.28. The second-order valence-corrected chi connectivity index (χ2v) is 16.4. The topological polar surface area (TPSA) is 16.4 Å². The average molecular weight is 804 g/mol. The van der Waals surface area contributed by atoms with Crippen LogP contribution in [-0.2, 0) is 5.41 Å². The average Bonchev–Trinajstić information content (AvgIpc) is 3.90. The molecule has 2 heteroatoms. The van der Waals surface area contributed by atoms with Gasteiger partial charge in [0.1, 0.15) is 5.58 Å². The predicted octanol–water partition coefficient (Wildman–Crippen LogP) is 16.4. The van der Waals surface area contributed by atoms with E-state index >= 15 is 0 Å². The largest absolute Gasteiger partial charge is 0.454 e. The second-order valence-electron chi connectivity index (χ2n) is 16.4. The van der Waals surface area contributed by atoms with Crippen molar-refractivity contribution in [2.75, 3.05) is 4.90 Å².